The molecule has 0 saturated carbocycles. The van der Waals surface area contributed by atoms with E-state index in [0.29, 0.717) is 12.8 Å². The van der Waals surface area contributed by atoms with E-state index in [9.17, 15) is 26.4 Å². The van der Waals surface area contributed by atoms with Gasteiger partial charge in [0.2, 0.25) is 15.9 Å². The predicted molar refractivity (Wildman–Crippen MR) is 97.1 cm³/mol. The number of hydrogen-bond donors (Lipinski definition) is 1. The molecule has 6 nitrogen and oxygen atoms in total. The third kappa shape index (κ3) is 5.84. The number of hydrogen-bond acceptors (Lipinski definition) is 4. The fraction of sp³-hybridized carbons (Fsp3) is 0.611. The lowest BCUT2D eigenvalue weighted by atomic mass is 9.96. The summed E-state index contributed by atoms with van der Waals surface area (Å²) in [5, 5.41) is 2.97. The Morgan fingerprint density at radius 3 is 2.39 bits per heavy atom. The SMILES string of the molecule is CCC(CC)NC(=O)C1CCN(S(=O)(=O)c2cccc(OC(F)(F)F)c2)CC1. The van der Waals surface area contributed by atoms with Gasteiger partial charge in [0, 0.05) is 31.1 Å². The highest BCUT2D eigenvalue weighted by atomic mass is 32.2. The minimum absolute atomic E-state index is 0.0775. The molecule has 1 aliphatic rings. The van der Waals surface area contributed by atoms with Crippen molar-refractivity contribution in [1.82, 2.24) is 9.62 Å². The molecular formula is C18H25F3N2O4S. The first-order chi connectivity index (χ1) is 13.1. The second-order valence-electron chi connectivity index (χ2n) is 6.72. The van der Waals surface area contributed by atoms with Gasteiger partial charge in [-0.1, -0.05) is 19.9 Å². The number of rotatable bonds is 7. The molecule has 0 unspecified atom stereocenters. The summed E-state index contributed by atoms with van der Waals surface area (Å²) in [6, 6.07) is 4.43. The summed E-state index contributed by atoms with van der Waals surface area (Å²) >= 11 is 0. The van der Waals surface area contributed by atoms with E-state index in [1.807, 2.05) is 13.8 Å². The fourth-order valence-electron chi connectivity index (χ4n) is 3.15. The van der Waals surface area contributed by atoms with E-state index >= 15 is 0 Å². The van der Waals surface area contributed by atoms with Crippen molar-refractivity contribution in [2.45, 2.75) is 56.8 Å². The standard InChI is InChI=1S/C18H25F3N2O4S/c1-3-14(4-2)22-17(24)13-8-10-23(11-9-13)28(25,26)16-7-5-6-15(12-16)27-18(19,20)21/h5-7,12-14H,3-4,8-11H2,1-2H3,(H,22,24). The number of sulfonamides is 1. The maximum absolute atomic E-state index is 12.7. The molecular weight excluding hydrogens is 397 g/mol. The summed E-state index contributed by atoms with van der Waals surface area (Å²) < 4.78 is 67.6. The van der Waals surface area contributed by atoms with Crippen molar-refractivity contribution in [2.24, 2.45) is 5.92 Å². The van der Waals surface area contributed by atoms with Crippen LogP contribution in [0.25, 0.3) is 0 Å². The number of carbonyl (C=O) groups excluding carboxylic acids is 1. The minimum atomic E-state index is -4.90. The molecule has 0 aromatic heterocycles. The van der Waals surface area contributed by atoms with Gasteiger partial charge in [-0.25, -0.2) is 8.42 Å². The summed E-state index contributed by atoms with van der Waals surface area (Å²) in [7, 11) is -3.97. The van der Waals surface area contributed by atoms with Gasteiger partial charge in [-0.2, -0.15) is 4.31 Å². The van der Waals surface area contributed by atoms with E-state index in [1.165, 1.54) is 16.4 Å². The Bertz CT molecular complexity index is 771. The Hall–Kier alpha value is -1.81. The van der Waals surface area contributed by atoms with Crippen molar-refractivity contribution >= 4 is 15.9 Å². The summed E-state index contributed by atoms with van der Waals surface area (Å²) in [4.78, 5) is 12.1. The van der Waals surface area contributed by atoms with Crippen molar-refractivity contribution in [3.8, 4) is 5.75 Å². The lowest BCUT2D eigenvalue weighted by Crippen LogP contribution is -2.45. The van der Waals surface area contributed by atoms with Crippen LogP contribution in [0, 0.1) is 5.92 Å². The van der Waals surface area contributed by atoms with Gasteiger partial charge in [-0.05, 0) is 37.8 Å². The van der Waals surface area contributed by atoms with Crippen LogP contribution in [0.1, 0.15) is 39.5 Å². The maximum atomic E-state index is 12.7. The van der Waals surface area contributed by atoms with E-state index in [-0.39, 0.29) is 35.9 Å². The summed E-state index contributed by atoms with van der Waals surface area (Å²) in [5.74, 6) is -0.939. The first-order valence-corrected chi connectivity index (χ1v) is 10.7. The average molecular weight is 422 g/mol. The number of amides is 1. The zero-order valence-corrected chi connectivity index (χ0v) is 16.6. The molecule has 0 aliphatic carbocycles. The third-order valence-corrected chi connectivity index (χ3v) is 6.73. The van der Waals surface area contributed by atoms with Crippen LogP contribution >= 0.6 is 0 Å². The lowest BCUT2D eigenvalue weighted by Gasteiger charge is -2.31. The smallest absolute Gasteiger partial charge is 0.406 e. The number of benzene rings is 1. The molecule has 1 heterocycles. The van der Waals surface area contributed by atoms with Gasteiger partial charge >= 0.3 is 6.36 Å². The molecule has 158 valence electrons. The molecule has 2 rings (SSSR count). The fourth-order valence-corrected chi connectivity index (χ4v) is 4.66. The van der Waals surface area contributed by atoms with Crippen LogP contribution < -0.4 is 10.1 Å². The predicted octanol–water partition coefficient (Wildman–Crippen LogP) is 3.29. The van der Waals surface area contributed by atoms with Gasteiger partial charge in [-0.15, -0.1) is 13.2 Å². The number of alkyl halides is 3. The molecule has 1 fully saturated rings. The molecule has 1 amide bonds. The van der Waals surface area contributed by atoms with Crippen LogP contribution in [0.15, 0.2) is 29.2 Å². The zero-order valence-electron chi connectivity index (χ0n) is 15.8. The van der Waals surface area contributed by atoms with Crippen LogP contribution in [0.4, 0.5) is 13.2 Å². The second-order valence-corrected chi connectivity index (χ2v) is 8.66. The third-order valence-electron chi connectivity index (χ3n) is 4.83. The normalized spacial score (nSPS) is 16.9. The van der Waals surface area contributed by atoms with Crippen LogP contribution in [0.2, 0.25) is 0 Å². The highest BCUT2D eigenvalue weighted by Gasteiger charge is 2.34. The van der Waals surface area contributed by atoms with Crippen molar-refractivity contribution in [2.75, 3.05) is 13.1 Å². The van der Waals surface area contributed by atoms with Gasteiger partial charge in [0.05, 0.1) is 4.90 Å². The van der Waals surface area contributed by atoms with Crippen LogP contribution in [0.5, 0.6) is 5.75 Å². The highest BCUT2D eigenvalue weighted by molar-refractivity contribution is 7.89. The topological polar surface area (TPSA) is 75.7 Å². The molecule has 10 heteroatoms. The Labute approximate surface area is 163 Å². The molecule has 1 aromatic carbocycles. The Balaban J connectivity index is 2.03. The summed E-state index contributed by atoms with van der Waals surface area (Å²) in [5.41, 5.74) is 0. The molecule has 0 radical (unpaired) electrons. The summed E-state index contributed by atoms with van der Waals surface area (Å²) in [6.45, 7) is 4.24. The Kier molecular flexibility index (Phi) is 7.33. The van der Waals surface area contributed by atoms with Crippen LogP contribution in [0.3, 0.4) is 0 Å². The van der Waals surface area contributed by atoms with E-state index in [1.54, 1.807) is 0 Å². The molecule has 1 aromatic rings. The number of ether oxygens (including phenoxy) is 1. The zero-order chi connectivity index (χ0) is 20.9. The van der Waals surface area contributed by atoms with E-state index in [2.05, 4.69) is 10.1 Å². The van der Waals surface area contributed by atoms with Crippen molar-refractivity contribution in [1.29, 1.82) is 0 Å². The molecule has 1 saturated heterocycles. The molecule has 0 spiro atoms. The van der Waals surface area contributed by atoms with Gasteiger partial charge in [0.1, 0.15) is 5.75 Å². The van der Waals surface area contributed by atoms with Crippen LogP contribution in [-0.4, -0.2) is 44.1 Å². The monoisotopic (exact) mass is 422 g/mol. The molecule has 0 bridgehead atoms. The van der Waals surface area contributed by atoms with E-state index < -0.39 is 22.1 Å². The lowest BCUT2D eigenvalue weighted by molar-refractivity contribution is -0.274. The van der Waals surface area contributed by atoms with Gasteiger partial charge in [0.15, 0.2) is 0 Å². The number of halogens is 3. The largest absolute Gasteiger partial charge is 0.573 e. The molecule has 28 heavy (non-hydrogen) atoms. The average Bonchev–Trinajstić information content (AvgIpc) is 2.65. The minimum Gasteiger partial charge on any atom is -0.406 e. The van der Waals surface area contributed by atoms with Crippen molar-refractivity contribution < 1.29 is 31.1 Å². The molecule has 1 N–H and O–H groups in total. The maximum Gasteiger partial charge on any atom is 0.573 e. The van der Waals surface area contributed by atoms with Gasteiger partial charge in [-0.3, -0.25) is 4.79 Å². The second kappa shape index (κ2) is 9.13. The van der Waals surface area contributed by atoms with Crippen molar-refractivity contribution in [3.63, 3.8) is 0 Å². The number of piperidine rings is 1. The number of nitrogens with one attached hydrogen (secondary N) is 1. The van der Waals surface area contributed by atoms with Crippen LogP contribution in [-0.2, 0) is 14.8 Å². The molecule has 1 aliphatic heterocycles. The van der Waals surface area contributed by atoms with E-state index in [0.717, 1.165) is 25.0 Å². The number of carbonyl (C=O) groups is 1. The Morgan fingerprint density at radius 1 is 1.25 bits per heavy atom. The number of nitrogens with zero attached hydrogens (tertiary/aromatic N) is 1. The summed E-state index contributed by atoms with van der Waals surface area (Å²) in [6.07, 6.45) is -2.52. The highest BCUT2D eigenvalue weighted by Crippen LogP contribution is 2.28. The molecule has 0 atom stereocenters. The Morgan fingerprint density at radius 2 is 1.86 bits per heavy atom. The first kappa shape index (κ1) is 22.5. The van der Waals surface area contributed by atoms with Gasteiger partial charge < -0.3 is 10.1 Å². The first-order valence-electron chi connectivity index (χ1n) is 9.23. The van der Waals surface area contributed by atoms with E-state index in [4.69, 9.17) is 0 Å². The van der Waals surface area contributed by atoms with Crippen molar-refractivity contribution in [3.05, 3.63) is 24.3 Å². The van der Waals surface area contributed by atoms with Gasteiger partial charge in [0.25, 0.3) is 0 Å². The quantitative estimate of drug-likeness (QED) is 0.732.